The minimum absolute atomic E-state index is 0.0795. The van der Waals surface area contributed by atoms with E-state index < -0.39 is 24.5 Å². The molecule has 0 aromatic rings. The van der Waals surface area contributed by atoms with Crippen molar-refractivity contribution in [2.75, 3.05) is 6.61 Å². The number of carboxylic acid groups (broad SMARTS) is 1. The van der Waals surface area contributed by atoms with Crippen molar-refractivity contribution in [2.45, 2.75) is 58.2 Å². The molecule has 3 N–H and O–H groups in total. The van der Waals surface area contributed by atoms with Gasteiger partial charge in [-0.2, -0.15) is 0 Å². The molecule has 1 saturated carbocycles. The molecule has 0 radical (unpaired) electrons. The molecule has 0 amide bonds. The fraction of sp³-hybridized carbons (Fsp3) is 0.923. The largest absolute Gasteiger partial charge is 0.506 e. The second-order valence-corrected chi connectivity index (χ2v) is 5.97. The zero-order chi connectivity index (χ0) is 14.0. The smallest absolute Gasteiger partial charge is 0.450 e. The molecule has 1 aliphatic rings. The van der Waals surface area contributed by atoms with Crippen LogP contribution in [0.1, 0.15) is 46.5 Å². The van der Waals surface area contributed by atoms with Crippen LogP contribution in [0.3, 0.4) is 0 Å². The van der Waals surface area contributed by atoms with E-state index in [1.165, 1.54) is 0 Å². The Balaban J connectivity index is 2.99. The second-order valence-electron chi connectivity index (χ2n) is 5.97. The molecule has 106 valence electrons. The predicted molar refractivity (Wildman–Crippen MR) is 66.3 cm³/mol. The highest BCUT2D eigenvalue weighted by molar-refractivity contribution is 5.57. The fourth-order valence-corrected chi connectivity index (χ4v) is 2.92. The van der Waals surface area contributed by atoms with E-state index in [1.54, 1.807) is 0 Å². The monoisotopic (exact) mass is 260 g/mol. The van der Waals surface area contributed by atoms with Gasteiger partial charge in [0.05, 0.1) is 6.61 Å². The van der Waals surface area contributed by atoms with Crippen LogP contribution in [0.2, 0.25) is 0 Å². The summed E-state index contributed by atoms with van der Waals surface area (Å²) in [7, 11) is 0. The van der Waals surface area contributed by atoms with Gasteiger partial charge in [0.2, 0.25) is 0 Å². The van der Waals surface area contributed by atoms with Crippen molar-refractivity contribution in [1.29, 1.82) is 0 Å². The van der Waals surface area contributed by atoms with Crippen molar-refractivity contribution in [1.82, 2.24) is 0 Å². The quantitative estimate of drug-likeness (QED) is 0.673. The lowest BCUT2D eigenvalue weighted by Gasteiger charge is -2.48. The molecule has 18 heavy (non-hydrogen) atoms. The Labute approximate surface area is 108 Å². The van der Waals surface area contributed by atoms with Gasteiger partial charge in [0.15, 0.2) is 0 Å². The maximum absolute atomic E-state index is 10.9. The fourth-order valence-electron chi connectivity index (χ4n) is 2.92. The van der Waals surface area contributed by atoms with Gasteiger partial charge in [-0.15, -0.1) is 0 Å². The minimum atomic E-state index is -1.39. The van der Waals surface area contributed by atoms with E-state index in [9.17, 15) is 9.90 Å². The third-order valence-electron chi connectivity index (χ3n) is 4.52. The van der Waals surface area contributed by atoms with Crippen molar-refractivity contribution in [3.05, 3.63) is 0 Å². The Morgan fingerprint density at radius 1 is 1.39 bits per heavy atom. The van der Waals surface area contributed by atoms with E-state index in [2.05, 4.69) is 20.8 Å². The Bertz CT molecular complexity index is 304. The summed E-state index contributed by atoms with van der Waals surface area (Å²) in [4.78, 5) is 10.9. The SMILES string of the molecule is CC(C)[C@]1(C)CCC[C@@](OC(=O)O)([C@H](O)CO)C1. The van der Waals surface area contributed by atoms with Crippen LogP contribution in [0.25, 0.3) is 0 Å². The molecule has 1 fully saturated rings. The summed E-state index contributed by atoms with van der Waals surface area (Å²) in [5, 5.41) is 28.0. The molecule has 0 aromatic carbocycles. The van der Waals surface area contributed by atoms with Gasteiger partial charge in [0.25, 0.3) is 0 Å². The number of aliphatic hydroxyl groups excluding tert-OH is 2. The van der Waals surface area contributed by atoms with Crippen molar-refractivity contribution in [2.24, 2.45) is 11.3 Å². The van der Waals surface area contributed by atoms with E-state index in [0.717, 1.165) is 12.8 Å². The van der Waals surface area contributed by atoms with Gasteiger partial charge in [-0.05, 0) is 37.0 Å². The summed E-state index contributed by atoms with van der Waals surface area (Å²) in [6.45, 7) is 5.77. The van der Waals surface area contributed by atoms with Gasteiger partial charge in [0.1, 0.15) is 11.7 Å². The second kappa shape index (κ2) is 5.45. The Kier molecular flexibility index (Phi) is 4.61. The Morgan fingerprint density at radius 3 is 2.44 bits per heavy atom. The first-order valence-corrected chi connectivity index (χ1v) is 6.46. The summed E-state index contributed by atoms with van der Waals surface area (Å²) < 4.78 is 4.98. The Morgan fingerprint density at radius 2 is 2.00 bits per heavy atom. The van der Waals surface area contributed by atoms with E-state index >= 15 is 0 Å². The molecule has 0 saturated heterocycles. The predicted octanol–water partition coefficient (Wildman–Crippen LogP) is 2.01. The molecule has 0 aliphatic heterocycles. The van der Waals surface area contributed by atoms with Crippen LogP contribution in [0.5, 0.6) is 0 Å². The van der Waals surface area contributed by atoms with E-state index in [4.69, 9.17) is 14.9 Å². The number of hydrogen-bond acceptors (Lipinski definition) is 4. The molecule has 0 spiro atoms. The average Bonchev–Trinajstić information content (AvgIpc) is 2.26. The number of ether oxygens (including phenoxy) is 1. The molecule has 0 unspecified atom stereocenters. The van der Waals surface area contributed by atoms with Gasteiger partial charge in [-0.3, -0.25) is 0 Å². The van der Waals surface area contributed by atoms with Gasteiger partial charge in [-0.25, -0.2) is 4.79 Å². The van der Waals surface area contributed by atoms with Crippen molar-refractivity contribution in [3.63, 3.8) is 0 Å². The summed E-state index contributed by atoms with van der Waals surface area (Å²) in [6, 6.07) is 0. The van der Waals surface area contributed by atoms with Gasteiger partial charge >= 0.3 is 6.16 Å². The first-order valence-electron chi connectivity index (χ1n) is 6.46. The molecule has 5 nitrogen and oxygen atoms in total. The maximum Gasteiger partial charge on any atom is 0.506 e. The molecule has 1 rings (SSSR count). The van der Waals surface area contributed by atoms with Crippen LogP contribution in [-0.2, 0) is 4.74 Å². The van der Waals surface area contributed by atoms with Crippen molar-refractivity contribution >= 4 is 6.16 Å². The molecular weight excluding hydrogens is 236 g/mol. The third kappa shape index (κ3) is 2.95. The topological polar surface area (TPSA) is 87.0 Å². The third-order valence-corrected chi connectivity index (χ3v) is 4.52. The highest BCUT2D eigenvalue weighted by atomic mass is 16.7. The van der Waals surface area contributed by atoms with Crippen LogP contribution in [-0.4, -0.2) is 39.8 Å². The van der Waals surface area contributed by atoms with Crippen LogP contribution in [0, 0.1) is 11.3 Å². The zero-order valence-electron chi connectivity index (χ0n) is 11.3. The highest BCUT2D eigenvalue weighted by Crippen LogP contribution is 2.48. The standard InChI is InChI=1S/C13H24O5/c1-9(2)12(3)5-4-6-13(8-12,10(15)7-14)18-11(16)17/h9-10,14-15H,4-8H2,1-3H3,(H,16,17)/t10-,12-,13+/m1/s1. The number of carbonyl (C=O) groups is 1. The normalized spacial score (nSPS) is 34.3. The lowest BCUT2D eigenvalue weighted by Crippen LogP contribution is -2.54. The van der Waals surface area contributed by atoms with Crippen LogP contribution in [0.4, 0.5) is 4.79 Å². The molecular formula is C13H24O5. The first-order chi connectivity index (χ1) is 8.26. The van der Waals surface area contributed by atoms with E-state index in [-0.39, 0.29) is 5.41 Å². The summed E-state index contributed by atoms with van der Waals surface area (Å²) >= 11 is 0. The molecule has 3 atom stereocenters. The lowest BCUT2D eigenvalue weighted by molar-refractivity contribution is -0.155. The van der Waals surface area contributed by atoms with Gasteiger partial charge < -0.3 is 20.1 Å². The summed E-state index contributed by atoms with van der Waals surface area (Å²) in [5.41, 5.74) is -1.25. The molecule has 5 heteroatoms. The van der Waals surface area contributed by atoms with Crippen molar-refractivity contribution < 1.29 is 24.9 Å². The molecule has 1 aliphatic carbocycles. The van der Waals surface area contributed by atoms with E-state index in [1.807, 2.05) is 0 Å². The summed E-state index contributed by atoms with van der Waals surface area (Å²) in [5.74, 6) is 0.362. The van der Waals surface area contributed by atoms with Gasteiger partial charge in [0, 0.05) is 0 Å². The molecule has 0 aromatic heterocycles. The first kappa shape index (κ1) is 15.2. The summed E-state index contributed by atoms with van der Waals surface area (Å²) in [6.07, 6.45) is 0.129. The highest BCUT2D eigenvalue weighted by Gasteiger charge is 2.50. The Hall–Kier alpha value is -0.810. The lowest BCUT2D eigenvalue weighted by atomic mass is 9.62. The number of hydrogen-bond donors (Lipinski definition) is 3. The average molecular weight is 260 g/mol. The van der Waals surface area contributed by atoms with Crippen molar-refractivity contribution in [3.8, 4) is 0 Å². The maximum atomic E-state index is 10.9. The zero-order valence-corrected chi connectivity index (χ0v) is 11.3. The van der Waals surface area contributed by atoms with E-state index in [0.29, 0.717) is 18.8 Å². The number of rotatable bonds is 4. The van der Waals surface area contributed by atoms with Crippen LogP contribution >= 0.6 is 0 Å². The van der Waals surface area contributed by atoms with Gasteiger partial charge in [-0.1, -0.05) is 20.8 Å². The molecule has 0 bridgehead atoms. The van der Waals surface area contributed by atoms with Crippen LogP contribution < -0.4 is 0 Å². The minimum Gasteiger partial charge on any atom is -0.450 e. The molecule has 0 heterocycles. The van der Waals surface area contributed by atoms with Crippen LogP contribution in [0.15, 0.2) is 0 Å². The number of aliphatic hydroxyl groups is 2.